The van der Waals surface area contributed by atoms with Crippen LogP contribution in [-0.2, 0) is 17.8 Å². The Kier molecular flexibility index (Phi) is 4.77. The summed E-state index contributed by atoms with van der Waals surface area (Å²) in [6, 6.07) is 7.84. The van der Waals surface area contributed by atoms with Crippen molar-refractivity contribution in [3.8, 4) is 11.4 Å². The largest absolute Gasteiger partial charge is 0.325 e. The van der Waals surface area contributed by atoms with Crippen molar-refractivity contribution in [2.45, 2.75) is 32.2 Å². The van der Waals surface area contributed by atoms with Crippen molar-refractivity contribution in [2.24, 2.45) is 0 Å². The summed E-state index contributed by atoms with van der Waals surface area (Å²) in [5, 5.41) is 11.6. The van der Waals surface area contributed by atoms with Gasteiger partial charge in [0.15, 0.2) is 5.82 Å². The summed E-state index contributed by atoms with van der Waals surface area (Å²) >= 11 is 1.51. The third-order valence-corrected chi connectivity index (χ3v) is 4.34. The Morgan fingerprint density at radius 3 is 3.09 bits per heavy atom. The summed E-state index contributed by atoms with van der Waals surface area (Å²) in [7, 11) is 0. The molecule has 0 aliphatic carbocycles. The molecule has 0 radical (unpaired) electrons. The van der Waals surface area contributed by atoms with Gasteiger partial charge in [-0.25, -0.2) is 0 Å². The van der Waals surface area contributed by atoms with Crippen LogP contribution >= 0.6 is 11.8 Å². The zero-order valence-electron chi connectivity index (χ0n) is 12.7. The van der Waals surface area contributed by atoms with E-state index in [-0.39, 0.29) is 5.91 Å². The van der Waals surface area contributed by atoms with E-state index in [1.165, 1.54) is 31.0 Å². The molecule has 0 atom stereocenters. The van der Waals surface area contributed by atoms with Gasteiger partial charge in [-0.1, -0.05) is 18.6 Å². The third kappa shape index (κ3) is 3.32. The fourth-order valence-corrected chi connectivity index (χ4v) is 3.10. The summed E-state index contributed by atoms with van der Waals surface area (Å²) in [5.74, 6) is 2.46. The highest BCUT2D eigenvalue weighted by atomic mass is 32.2. The van der Waals surface area contributed by atoms with Gasteiger partial charge in [-0.2, -0.15) is 11.8 Å². The van der Waals surface area contributed by atoms with Crippen LogP contribution < -0.4 is 5.32 Å². The van der Waals surface area contributed by atoms with E-state index in [2.05, 4.69) is 20.1 Å². The fourth-order valence-electron chi connectivity index (χ4n) is 2.76. The summed E-state index contributed by atoms with van der Waals surface area (Å²) in [4.78, 5) is 11.7. The molecule has 0 unspecified atom stereocenters. The first-order chi connectivity index (χ1) is 10.8. The van der Waals surface area contributed by atoms with Crippen LogP contribution in [0.3, 0.4) is 0 Å². The summed E-state index contributed by atoms with van der Waals surface area (Å²) < 4.78 is 2.22. The van der Waals surface area contributed by atoms with E-state index in [9.17, 15) is 4.79 Å². The quantitative estimate of drug-likeness (QED) is 0.942. The second kappa shape index (κ2) is 6.96. The number of hydrogen-bond donors (Lipinski definition) is 1. The van der Waals surface area contributed by atoms with E-state index >= 15 is 0 Å². The highest BCUT2D eigenvalue weighted by Crippen LogP contribution is 2.24. The number of aromatic nitrogens is 3. The maximum atomic E-state index is 11.7. The molecule has 116 valence electrons. The number of amides is 1. The molecule has 6 heteroatoms. The number of benzene rings is 1. The highest BCUT2D eigenvalue weighted by Gasteiger charge is 2.16. The van der Waals surface area contributed by atoms with Crippen LogP contribution in [0.15, 0.2) is 24.3 Å². The maximum Gasteiger partial charge on any atom is 0.234 e. The normalized spacial score (nSPS) is 14.2. The molecule has 1 amide bonds. The minimum Gasteiger partial charge on any atom is -0.325 e. The molecular formula is C16H20N4OS. The Morgan fingerprint density at radius 2 is 2.23 bits per heavy atom. The molecule has 2 heterocycles. The Bertz CT molecular complexity index is 668. The molecule has 0 saturated heterocycles. The van der Waals surface area contributed by atoms with Crippen molar-refractivity contribution in [1.29, 1.82) is 0 Å². The van der Waals surface area contributed by atoms with Gasteiger partial charge in [-0.3, -0.25) is 4.79 Å². The summed E-state index contributed by atoms with van der Waals surface area (Å²) in [6.45, 7) is 0.973. The number of carbonyl (C=O) groups is 1. The van der Waals surface area contributed by atoms with Crippen LogP contribution in [0.2, 0.25) is 0 Å². The molecule has 3 rings (SSSR count). The van der Waals surface area contributed by atoms with Crippen molar-refractivity contribution >= 4 is 23.4 Å². The smallest absolute Gasteiger partial charge is 0.234 e. The van der Waals surface area contributed by atoms with Crippen molar-refractivity contribution < 1.29 is 4.79 Å². The number of hydrogen-bond acceptors (Lipinski definition) is 4. The molecule has 1 aliphatic heterocycles. The fraction of sp³-hybridized carbons (Fsp3) is 0.438. The van der Waals surface area contributed by atoms with E-state index in [1.807, 2.05) is 30.5 Å². The SMILES string of the molecule is CSCC(=O)Nc1cccc(-c2nnc3n2CCCCC3)c1. The van der Waals surface area contributed by atoms with Crippen LogP contribution in [-0.4, -0.2) is 32.7 Å². The standard InChI is InChI=1S/C16H20N4OS/c1-22-11-15(21)17-13-7-5-6-12(10-13)16-19-18-14-8-3-2-4-9-20(14)16/h5-7,10H,2-4,8-9,11H2,1H3,(H,17,21). The van der Waals surface area contributed by atoms with Gasteiger partial charge in [0.1, 0.15) is 5.82 Å². The minimum atomic E-state index is 0.0183. The zero-order chi connectivity index (χ0) is 15.4. The summed E-state index contributed by atoms with van der Waals surface area (Å²) in [6.07, 6.45) is 6.51. The van der Waals surface area contributed by atoms with Crippen molar-refractivity contribution in [3.63, 3.8) is 0 Å². The van der Waals surface area contributed by atoms with E-state index in [0.717, 1.165) is 35.9 Å². The van der Waals surface area contributed by atoms with Crippen molar-refractivity contribution in [2.75, 3.05) is 17.3 Å². The lowest BCUT2D eigenvalue weighted by Crippen LogP contribution is -2.13. The van der Waals surface area contributed by atoms with E-state index < -0.39 is 0 Å². The van der Waals surface area contributed by atoms with Gasteiger partial charge < -0.3 is 9.88 Å². The van der Waals surface area contributed by atoms with Gasteiger partial charge in [-0.15, -0.1) is 10.2 Å². The van der Waals surface area contributed by atoms with Gasteiger partial charge in [0.2, 0.25) is 5.91 Å². The molecule has 5 nitrogen and oxygen atoms in total. The van der Waals surface area contributed by atoms with E-state index in [4.69, 9.17) is 0 Å². The Morgan fingerprint density at radius 1 is 1.32 bits per heavy atom. The monoisotopic (exact) mass is 316 g/mol. The Hall–Kier alpha value is -1.82. The molecule has 0 spiro atoms. The number of fused-ring (bicyclic) bond motifs is 1. The number of aryl methyl sites for hydroxylation is 1. The molecule has 1 N–H and O–H groups in total. The van der Waals surface area contributed by atoms with Gasteiger partial charge in [-0.05, 0) is 31.2 Å². The van der Waals surface area contributed by atoms with Gasteiger partial charge in [0.05, 0.1) is 5.75 Å². The number of nitrogens with zero attached hydrogens (tertiary/aromatic N) is 3. The van der Waals surface area contributed by atoms with E-state index in [0.29, 0.717) is 5.75 Å². The average molecular weight is 316 g/mol. The van der Waals surface area contributed by atoms with Gasteiger partial charge in [0.25, 0.3) is 0 Å². The molecule has 1 aromatic carbocycles. The first kappa shape index (κ1) is 15.1. The van der Waals surface area contributed by atoms with Crippen LogP contribution in [0.4, 0.5) is 5.69 Å². The second-order valence-electron chi connectivity index (χ2n) is 5.46. The number of carbonyl (C=O) groups excluding carboxylic acids is 1. The molecule has 1 aromatic heterocycles. The Balaban J connectivity index is 1.86. The van der Waals surface area contributed by atoms with Crippen LogP contribution in [0, 0.1) is 0 Å². The first-order valence-electron chi connectivity index (χ1n) is 7.59. The predicted octanol–water partition coefficient (Wildman–Crippen LogP) is 2.97. The molecule has 0 saturated carbocycles. The highest BCUT2D eigenvalue weighted by molar-refractivity contribution is 7.99. The van der Waals surface area contributed by atoms with Gasteiger partial charge in [0, 0.05) is 24.2 Å². The van der Waals surface area contributed by atoms with Crippen LogP contribution in [0.5, 0.6) is 0 Å². The molecule has 0 fully saturated rings. The topological polar surface area (TPSA) is 59.8 Å². The predicted molar refractivity (Wildman–Crippen MR) is 90.0 cm³/mol. The van der Waals surface area contributed by atoms with E-state index in [1.54, 1.807) is 0 Å². The number of thioether (sulfide) groups is 1. The minimum absolute atomic E-state index is 0.0183. The van der Waals surface area contributed by atoms with Crippen LogP contribution in [0.25, 0.3) is 11.4 Å². The molecular weight excluding hydrogens is 296 g/mol. The van der Waals surface area contributed by atoms with Crippen LogP contribution in [0.1, 0.15) is 25.1 Å². The number of anilines is 1. The Labute approximate surface area is 134 Å². The molecule has 22 heavy (non-hydrogen) atoms. The van der Waals surface area contributed by atoms with Crippen molar-refractivity contribution in [1.82, 2.24) is 14.8 Å². The summed E-state index contributed by atoms with van der Waals surface area (Å²) in [5.41, 5.74) is 1.81. The number of nitrogens with one attached hydrogen (secondary N) is 1. The maximum absolute atomic E-state index is 11.7. The molecule has 0 bridgehead atoms. The first-order valence-corrected chi connectivity index (χ1v) is 8.98. The third-order valence-electron chi connectivity index (χ3n) is 3.79. The average Bonchev–Trinajstić information content (AvgIpc) is 2.76. The van der Waals surface area contributed by atoms with Gasteiger partial charge >= 0.3 is 0 Å². The number of rotatable bonds is 4. The lowest BCUT2D eigenvalue weighted by atomic mass is 10.2. The van der Waals surface area contributed by atoms with Crippen molar-refractivity contribution in [3.05, 3.63) is 30.1 Å². The molecule has 2 aromatic rings. The zero-order valence-corrected chi connectivity index (χ0v) is 13.5. The second-order valence-corrected chi connectivity index (χ2v) is 6.33. The lowest BCUT2D eigenvalue weighted by molar-refractivity contribution is -0.113. The lowest BCUT2D eigenvalue weighted by Gasteiger charge is -2.09. The molecule has 1 aliphatic rings.